The van der Waals surface area contributed by atoms with Gasteiger partial charge >= 0.3 is 0 Å². The van der Waals surface area contributed by atoms with Crippen LogP contribution in [0, 0.1) is 0 Å². The topological polar surface area (TPSA) is 52.2 Å². The minimum atomic E-state index is -0.0520. The number of thiazole rings is 1. The van der Waals surface area contributed by atoms with E-state index in [0.29, 0.717) is 17.4 Å². The van der Waals surface area contributed by atoms with Gasteiger partial charge in [0.2, 0.25) is 0 Å². The van der Waals surface area contributed by atoms with Gasteiger partial charge in [0.15, 0.2) is 4.96 Å². The molecule has 0 atom stereocenters. The molecule has 0 fully saturated rings. The summed E-state index contributed by atoms with van der Waals surface area (Å²) in [5.74, 6) is 0. The highest BCUT2D eigenvalue weighted by atomic mass is 79.9. The number of fused-ring (bicyclic) bond motifs is 2. The van der Waals surface area contributed by atoms with E-state index >= 15 is 0 Å². The molecule has 0 spiro atoms. The molecule has 0 aliphatic carbocycles. The van der Waals surface area contributed by atoms with E-state index < -0.39 is 0 Å². The van der Waals surface area contributed by atoms with Gasteiger partial charge in [0.25, 0.3) is 5.56 Å². The van der Waals surface area contributed by atoms with Crippen LogP contribution < -0.4 is 5.56 Å². The number of nitrogens with zero attached hydrogens (tertiary/aromatic N) is 4. The van der Waals surface area contributed by atoms with Crippen LogP contribution in [0.4, 0.5) is 0 Å². The van der Waals surface area contributed by atoms with Crippen LogP contribution in [-0.4, -0.2) is 18.9 Å². The predicted molar refractivity (Wildman–Crippen MR) is 85.9 cm³/mol. The van der Waals surface area contributed by atoms with Gasteiger partial charge in [-0.1, -0.05) is 15.9 Å². The molecule has 0 saturated heterocycles. The second kappa shape index (κ2) is 4.78. The van der Waals surface area contributed by atoms with Crippen molar-refractivity contribution in [2.75, 3.05) is 0 Å². The summed E-state index contributed by atoms with van der Waals surface area (Å²) in [6.07, 6.45) is 5.46. The summed E-state index contributed by atoms with van der Waals surface area (Å²) in [4.78, 5) is 22.2. The maximum atomic E-state index is 12.5. The Morgan fingerprint density at radius 2 is 2.24 bits per heavy atom. The average molecular weight is 361 g/mol. The monoisotopic (exact) mass is 360 g/mol. The van der Waals surface area contributed by atoms with Gasteiger partial charge in [-0.3, -0.25) is 13.8 Å². The Balaban J connectivity index is 1.79. The molecule has 104 valence electrons. The Morgan fingerprint density at radius 1 is 1.33 bits per heavy atom. The third-order valence-corrected chi connectivity index (χ3v) is 4.53. The fourth-order valence-electron chi connectivity index (χ4n) is 2.27. The Morgan fingerprint density at radius 3 is 3.10 bits per heavy atom. The lowest BCUT2D eigenvalue weighted by Gasteiger charge is -2.04. The van der Waals surface area contributed by atoms with Crippen molar-refractivity contribution in [3.8, 4) is 0 Å². The maximum absolute atomic E-state index is 12.5. The second-order valence-electron chi connectivity index (χ2n) is 4.66. The second-order valence-corrected chi connectivity index (χ2v) is 6.45. The van der Waals surface area contributed by atoms with Gasteiger partial charge in [0, 0.05) is 22.2 Å². The zero-order valence-corrected chi connectivity index (χ0v) is 13.1. The highest BCUT2D eigenvalue weighted by Crippen LogP contribution is 2.15. The number of hydrogen-bond acceptors (Lipinski definition) is 4. The standard InChI is InChI=1S/C14H9BrN4OS/c15-9-1-2-11-12(5-9)16-8-19(13(11)20)7-10-6-18-3-4-21-14(18)17-10/h1-6,8H,7H2. The molecule has 5 nitrogen and oxygen atoms in total. The van der Waals surface area contributed by atoms with Crippen LogP contribution in [0.25, 0.3) is 15.9 Å². The Hall–Kier alpha value is -1.99. The minimum Gasteiger partial charge on any atom is -0.297 e. The van der Waals surface area contributed by atoms with Gasteiger partial charge in [0.1, 0.15) is 0 Å². The molecule has 4 rings (SSSR count). The maximum Gasteiger partial charge on any atom is 0.261 e. The highest BCUT2D eigenvalue weighted by molar-refractivity contribution is 9.10. The van der Waals surface area contributed by atoms with E-state index in [0.717, 1.165) is 15.1 Å². The Labute approximate surface area is 131 Å². The first-order chi connectivity index (χ1) is 10.2. The van der Waals surface area contributed by atoms with E-state index in [1.165, 1.54) is 0 Å². The number of rotatable bonds is 2. The fraction of sp³-hybridized carbons (Fsp3) is 0.0714. The van der Waals surface area contributed by atoms with Crippen molar-refractivity contribution in [1.82, 2.24) is 18.9 Å². The smallest absolute Gasteiger partial charge is 0.261 e. The third kappa shape index (κ3) is 2.18. The molecule has 4 aromatic rings. The molecular formula is C14H9BrN4OS. The summed E-state index contributed by atoms with van der Waals surface area (Å²) in [5, 5.41) is 2.59. The number of hydrogen-bond donors (Lipinski definition) is 0. The first-order valence-corrected chi connectivity index (χ1v) is 7.94. The molecule has 3 heterocycles. The van der Waals surface area contributed by atoms with E-state index in [1.54, 1.807) is 28.3 Å². The Kier molecular flexibility index (Phi) is 2.90. The minimum absolute atomic E-state index is 0.0520. The normalized spacial score (nSPS) is 11.5. The molecular weight excluding hydrogens is 352 g/mol. The molecule has 0 amide bonds. The van der Waals surface area contributed by atoms with Crippen LogP contribution >= 0.6 is 27.3 Å². The zero-order chi connectivity index (χ0) is 14.4. The molecule has 7 heteroatoms. The summed E-state index contributed by atoms with van der Waals surface area (Å²) in [5.41, 5.74) is 1.49. The Bertz CT molecular complexity index is 988. The summed E-state index contributed by atoms with van der Waals surface area (Å²) in [6.45, 7) is 0.423. The van der Waals surface area contributed by atoms with E-state index in [2.05, 4.69) is 25.9 Å². The van der Waals surface area contributed by atoms with E-state index in [9.17, 15) is 4.79 Å². The molecule has 21 heavy (non-hydrogen) atoms. The molecule has 0 unspecified atom stereocenters. The molecule has 0 aliphatic rings. The predicted octanol–water partition coefficient (Wildman–Crippen LogP) is 2.92. The van der Waals surface area contributed by atoms with Crippen LogP contribution in [0.2, 0.25) is 0 Å². The van der Waals surface area contributed by atoms with Crippen molar-refractivity contribution in [2.45, 2.75) is 6.54 Å². The van der Waals surface area contributed by atoms with Crippen LogP contribution in [0.5, 0.6) is 0 Å². The van der Waals surface area contributed by atoms with Crippen molar-refractivity contribution in [1.29, 1.82) is 0 Å². The van der Waals surface area contributed by atoms with Crippen LogP contribution in [0.1, 0.15) is 5.69 Å². The highest BCUT2D eigenvalue weighted by Gasteiger charge is 2.08. The third-order valence-electron chi connectivity index (χ3n) is 3.26. The number of aromatic nitrogens is 4. The van der Waals surface area contributed by atoms with Crippen molar-refractivity contribution in [3.05, 3.63) is 62.8 Å². The largest absolute Gasteiger partial charge is 0.297 e. The summed E-state index contributed by atoms with van der Waals surface area (Å²) in [6, 6.07) is 5.48. The van der Waals surface area contributed by atoms with Crippen LogP contribution in [0.15, 0.2) is 51.6 Å². The molecule has 3 aromatic heterocycles. The number of halogens is 1. The van der Waals surface area contributed by atoms with Gasteiger partial charge in [0.05, 0.1) is 29.5 Å². The first kappa shape index (κ1) is 12.7. The zero-order valence-electron chi connectivity index (χ0n) is 10.7. The lowest BCUT2D eigenvalue weighted by atomic mass is 10.2. The van der Waals surface area contributed by atoms with E-state index in [-0.39, 0.29) is 5.56 Å². The van der Waals surface area contributed by atoms with Crippen molar-refractivity contribution in [3.63, 3.8) is 0 Å². The summed E-state index contributed by atoms with van der Waals surface area (Å²) < 4.78 is 4.45. The van der Waals surface area contributed by atoms with Gasteiger partial charge in [-0.2, -0.15) is 0 Å². The fourth-order valence-corrected chi connectivity index (χ4v) is 3.34. The molecule has 0 radical (unpaired) electrons. The number of imidazole rings is 1. The van der Waals surface area contributed by atoms with Crippen molar-refractivity contribution < 1.29 is 0 Å². The molecule has 0 aliphatic heterocycles. The lowest BCUT2D eigenvalue weighted by Crippen LogP contribution is -2.21. The SMILES string of the molecule is O=c1c2ccc(Br)cc2ncn1Cc1cn2ccsc2n1. The van der Waals surface area contributed by atoms with E-state index in [4.69, 9.17) is 0 Å². The van der Waals surface area contributed by atoms with Crippen molar-refractivity contribution in [2.24, 2.45) is 0 Å². The van der Waals surface area contributed by atoms with Crippen LogP contribution in [0.3, 0.4) is 0 Å². The quantitative estimate of drug-likeness (QED) is 0.552. The average Bonchev–Trinajstić information content (AvgIpc) is 3.03. The molecule has 0 saturated carbocycles. The summed E-state index contributed by atoms with van der Waals surface area (Å²) in [7, 11) is 0. The van der Waals surface area contributed by atoms with Crippen molar-refractivity contribution >= 4 is 43.1 Å². The molecule has 1 aromatic carbocycles. The molecule has 0 N–H and O–H groups in total. The van der Waals surface area contributed by atoms with E-state index in [1.807, 2.05) is 34.3 Å². The van der Waals surface area contributed by atoms with Gasteiger partial charge in [-0.25, -0.2) is 9.97 Å². The summed E-state index contributed by atoms with van der Waals surface area (Å²) >= 11 is 4.95. The van der Waals surface area contributed by atoms with Crippen LogP contribution in [-0.2, 0) is 6.54 Å². The first-order valence-electron chi connectivity index (χ1n) is 6.26. The van der Waals surface area contributed by atoms with Gasteiger partial charge < -0.3 is 0 Å². The lowest BCUT2D eigenvalue weighted by molar-refractivity contribution is 0.734. The van der Waals surface area contributed by atoms with Gasteiger partial charge in [-0.05, 0) is 18.2 Å². The molecule has 0 bridgehead atoms. The number of benzene rings is 1. The van der Waals surface area contributed by atoms with Gasteiger partial charge in [-0.15, -0.1) is 11.3 Å².